The molecule has 2 amide bonds. The lowest BCUT2D eigenvalue weighted by atomic mass is 10.1. The van der Waals surface area contributed by atoms with Gasteiger partial charge in [-0.25, -0.2) is 0 Å². The standard InChI is InChI=1S/C13H18N4O2/c1-4-11-12(18)16-9(3)13(19)17(11)7-10-6-14-8(2)5-15-10/h5-6,9,11H,4,7H2,1-3H3,(H,16,18). The van der Waals surface area contributed by atoms with Crippen LogP contribution in [0.15, 0.2) is 12.4 Å². The normalized spacial score (nSPS) is 23.4. The van der Waals surface area contributed by atoms with Crippen molar-refractivity contribution >= 4 is 11.8 Å². The second-order valence-electron chi connectivity index (χ2n) is 4.77. The lowest BCUT2D eigenvalue weighted by Crippen LogP contribution is -2.61. The smallest absolute Gasteiger partial charge is 0.245 e. The fourth-order valence-corrected chi connectivity index (χ4v) is 2.18. The molecule has 2 heterocycles. The van der Waals surface area contributed by atoms with Crippen LogP contribution in [0.4, 0.5) is 0 Å². The number of nitrogens with one attached hydrogen (secondary N) is 1. The number of aromatic nitrogens is 2. The van der Waals surface area contributed by atoms with Crippen molar-refractivity contribution < 1.29 is 9.59 Å². The lowest BCUT2D eigenvalue weighted by molar-refractivity contribution is -0.149. The number of amides is 2. The van der Waals surface area contributed by atoms with E-state index in [1.165, 1.54) is 0 Å². The van der Waals surface area contributed by atoms with Crippen LogP contribution in [0.3, 0.4) is 0 Å². The van der Waals surface area contributed by atoms with Crippen molar-refractivity contribution in [2.24, 2.45) is 0 Å². The van der Waals surface area contributed by atoms with Gasteiger partial charge in [0.1, 0.15) is 12.1 Å². The molecule has 0 saturated carbocycles. The number of nitrogens with zero attached hydrogens (tertiary/aromatic N) is 3. The number of hydrogen-bond acceptors (Lipinski definition) is 4. The van der Waals surface area contributed by atoms with E-state index in [1.54, 1.807) is 24.2 Å². The first-order chi connectivity index (χ1) is 9.02. The Kier molecular flexibility index (Phi) is 3.78. The molecule has 2 unspecified atom stereocenters. The van der Waals surface area contributed by atoms with Gasteiger partial charge in [0, 0.05) is 6.20 Å². The van der Waals surface area contributed by atoms with Gasteiger partial charge in [-0.2, -0.15) is 0 Å². The van der Waals surface area contributed by atoms with Gasteiger partial charge in [-0.05, 0) is 20.3 Å². The Balaban J connectivity index is 2.21. The maximum atomic E-state index is 12.2. The summed E-state index contributed by atoms with van der Waals surface area (Å²) in [4.78, 5) is 34.1. The average Bonchev–Trinajstić information content (AvgIpc) is 2.38. The maximum absolute atomic E-state index is 12.2. The summed E-state index contributed by atoms with van der Waals surface area (Å²) in [6, 6.07) is -0.902. The monoisotopic (exact) mass is 262 g/mol. The van der Waals surface area contributed by atoms with Crippen LogP contribution in [0.25, 0.3) is 0 Å². The molecule has 1 aromatic rings. The Morgan fingerprint density at radius 3 is 2.63 bits per heavy atom. The highest BCUT2D eigenvalue weighted by Crippen LogP contribution is 2.15. The zero-order valence-electron chi connectivity index (χ0n) is 11.4. The average molecular weight is 262 g/mol. The van der Waals surface area contributed by atoms with E-state index >= 15 is 0 Å². The highest BCUT2D eigenvalue weighted by Gasteiger charge is 2.37. The number of carbonyl (C=O) groups excluding carboxylic acids is 2. The third-order valence-corrected chi connectivity index (χ3v) is 3.24. The van der Waals surface area contributed by atoms with Crippen LogP contribution in [-0.4, -0.2) is 38.8 Å². The van der Waals surface area contributed by atoms with Gasteiger partial charge in [0.25, 0.3) is 0 Å². The fourth-order valence-electron chi connectivity index (χ4n) is 2.18. The van der Waals surface area contributed by atoms with E-state index < -0.39 is 12.1 Å². The predicted octanol–water partition coefficient (Wildman–Crippen LogP) is 0.411. The summed E-state index contributed by atoms with van der Waals surface area (Å²) in [7, 11) is 0. The van der Waals surface area contributed by atoms with Crippen molar-refractivity contribution in [1.82, 2.24) is 20.2 Å². The number of rotatable bonds is 3. The Hall–Kier alpha value is -1.98. The molecule has 0 spiro atoms. The van der Waals surface area contributed by atoms with E-state index in [-0.39, 0.29) is 11.8 Å². The number of aryl methyl sites for hydroxylation is 1. The molecule has 1 aliphatic heterocycles. The number of carbonyl (C=O) groups is 2. The van der Waals surface area contributed by atoms with Crippen LogP contribution in [0.5, 0.6) is 0 Å². The molecule has 0 radical (unpaired) electrons. The SMILES string of the molecule is CCC1C(=O)NC(C)C(=O)N1Cc1cnc(C)cn1. The van der Waals surface area contributed by atoms with Gasteiger partial charge in [-0.1, -0.05) is 6.92 Å². The van der Waals surface area contributed by atoms with Gasteiger partial charge in [0.15, 0.2) is 0 Å². The lowest BCUT2D eigenvalue weighted by Gasteiger charge is -2.37. The maximum Gasteiger partial charge on any atom is 0.245 e. The first-order valence-electron chi connectivity index (χ1n) is 6.41. The van der Waals surface area contributed by atoms with Crippen LogP contribution < -0.4 is 5.32 Å². The van der Waals surface area contributed by atoms with E-state index in [2.05, 4.69) is 15.3 Å². The third-order valence-electron chi connectivity index (χ3n) is 3.24. The second-order valence-corrected chi connectivity index (χ2v) is 4.77. The minimum atomic E-state index is -0.478. The topological polar surface area (TPSA) is 75.2 Å². The minimum absolute atomic E-state index is 0.0752. The van der Waals surface area contributed by atoms with Gasteiger partial charge >= 0.3 is 0 Å². The molecular formula is C13H18N4O2. The minimum Gasteiger partial charge on any atom is -0.343 e. The quantitative estimate of drug-likeness (QED) is 0.856. The molecular weight excluding hydrogens is 244 g/mol. The molecule has 1 saturated heterocycles. The summed E-state index contributed by atoms with van der Waals surface area (Å²) in [5.74, 6) is -0.177. The molecule has 0 aliphatic carbocycles. The van der Waals surface area contributed by atoms with E-state index in [1.807, 2.05) is 13.8 Å². The Bertz CT molecular complexity index is 486. The molecule has 6 nitrogen and oxygen atoms in total. The van der Waals surface area contributed by atoms with Crippen LogP contribution >= 0.6 is 0 Å². The van der Waals surface area contributed by atoms with Gasteiger partial charge < -0.3 is 10.2 Å². The zero-order chi connectivity index (χ0) is 14.0. The molecule has 1 N–H and O–H groups in total. The van der Waals surface area contributed by atoms with E-state index in [0.717, 1.165) is 5.69 Å². The molecule has 102 valence electrons. The summed E-state index contributed by atoms with van der Waals surface area (Å²) >= 11 is 0. The van der Waals surface area contributed by atoms with Crippen molar-refractivity contribution in [3.63, 3.8) is 0 Å². The molecule has 1 aromatic heterocycles. The van der Waals surface area contributed by atoms with Crippen molar-refractivity contribution in [2.75, 3.05) is 0 Å². The molecule has 2 atom stereocenters. The number of hydrogen-bond donors (Lipinski definition) is 1. The summed E-state index contributed by atoms with van der Waals surface area (Å²) in [5, 5.41) is 2.69. The van der Waals surface area contributed by atoms with Gasteiger partial charge in [0.05, 0.1) is 24.1 Å². The molecule has 2 rings (SSSR count). The molecule has 1 fully saturated rings. The van der Waals surface area contributed by atoms with Crippen molar-refractivity contribution in [2.45, 2.75) is 45.8 Å². The highest BCUT2D eigenvalue weighted by molar-refractivity contribution is 5.96. The molecule has 0 bridgehead atoms. The summed E-state index contributed by atoms with van der Waals surface area (Å²) in [6.45, 7) is 5.76. The summed E-state index contributed by atoms with van der Waals surface area (Å²) in [5.41, 5.74) is 1.52. The summed E-state index contributed by atoms with van der Waals surface area (Å²) < 4.78 is 0. The molecule has 1 aliphatic rings. The van der Waals surface area contributed by atoms with E-state index in [9.17, 15) is 9.59 Å². The first-order valence-corrected chi connectivity index (χ1v) is 6.41. The Morgan fingerprint density at radius 1 is 1.32 bits per heavy atom. The Labute approximate surface area is 112 Å². The predicted molar refractivity (Wildman–Crippen MR) is 69.0 cm³/mol. The van der Waals surface area contributed by atoms with Crippen molar-refractivity contribution in [3.8, 4) is 0 Å². The van der Waals surface area contributed by atoms with Crippen LogP contribution in [0.1, 0.15) is 31.7 Å². The summed E-state index contributed by atoms with van der Waals surface area (Å²) in [6.07, 6.45) is 3.89. The number of piperazine rings is 1. The molecule has 0 aromatic carbocycles. The second kappa shape index (κ2) is 5.34. The van der Waals surface area contributed by atoms with Crippen LogP contribution in [-0.2, 0) is 16.1 Å². The largest absolute Gasteiger partial charge is 0.343 e. The van der Waals surface area contributed by atoms with Crippen LogP contribution in [0, 0.1) is 6.92 Å². The van der Waals surface area contributed by atoms with Gasteiger partial charge in [-0.3, -0.25) is 19.6 Å². The first kappa shape index (κ1) is 13.5. The molecule has 19 heavy (non-hydrogen) atoms. The molecule has 6 heteroatoms. The van der Waals surface area contributed by atoms with Crippen molar-refractivity contribution in [3.05, 3.63) is 23.8 Å². The fraction of sp³-hybridized carbons (Fsp3) is 0.538. The van der Waals surface area contributed by atoms with Gasteiger partial charge in [-0.15, -0.1) is 0 Å². The Morgan fingerprint density at radius 2 is 2.05 bits per heavy atom. The third kappa shape index (κ3) is 2.72. The van der Waals surface area contributed by atoms with E-state index in [4.69, 9.17) is 0 Å². The van der Waals surface area contributed by atoms with Crippen molar-refractivity contribution in [1.29, 1.82) is 0 Å². The van der Waals surface area contributed by atoms with E-state index in [0.29, 0.717) is 18.7 Å². The van der Waals surface area contributed by atoms with Crippen LogP contribution in [0.2, 0.25) is 0 Å². The van der Waals surface area contributed by atoms with Gasteiger partial charge in [0.2, 0.25) is 11.8 Å². The highest BCUT2D eigenvalue weighted by atomic mass is 16.2. The zero-order valence-corrected chi connectivity index (χ0v) is 11.4.